The van der Waals surface area contributed by atoms with E-state index in [2.05, 4.69) is 10.3 Å². The normalized spacial score (nSPS) is 16.6. The summed E-state index contributed by atoms with van der Waals surface area (Å²) < 4.78 is 10.8. The number of aliphatic hydroxyl groups is 1. The molecular weight excluding hydrogens is 544 g/mol. The maximum absolute atomic E-state index is 13.3. The number of rotatable bonds is 6. The summed E-state index contributed by atoms with van der Waals surface area (Å²) in [4.78, 5) is 42.6. The second kappa shape index (κ2) is 11.6. The summed E-state index contributed by atoms with van der Waals surface area (Å²) in [5.74, 6) is -1.08. The number of benzene rings is 2. The van der Waals surface area contributed by atoms with Crippen LogP contribution in [0.3, 0.4) is 0 Å². The molecule has 0 aliphatic heterocycles. The number of anilines is 1. The number of esters is 1. The summed E-state index contributed by atoms with van der Waals surface area (Å²) >= 11 is 6.27. The largest absolute Gasteiger partial charge is 0.456 e. The van der Waals surface area contributed by atoms with Crippen molar-refractivity contribution in [1.29, 1.82) is 0 Å². The van der Waals surface area contributed by atoms with Gasteiger partial charge in [-0.3, -0.25) is 15.1 Å². The van der Waals surface area contributed by atoms with Gasteiger partial charge in [0.25, 0.3) is 0 Å². The highest BCUT2D eigenvalue weighted by Gasteiger charge is 2.36. The van der Waals surface area contributed by atoms with Crippen molar-refractivity contribution in [3.63, 3.8) is 0 Å². The van der Waals surface area contributed by atoms with Crippen LogP contribution in [-0.4, -0.2) is 39.1 Å². The van der Waals surface area contributed by atoms with E-state index in [1.165, 1.54) is 0 Å². The summed E-state index contributed by atoms with van der Waals surface area (Å²) in [6.45, 7) is 10.7. The van der Waals surface area contributed by atoms with Crippen LogP contribution in [0.4, 0.5) is 10.5 Å². The third-order valence-corrected chi connectivity index (χ3v) is 6.62. The zero-order chi connectivity index (χ0) is 30.1. The quantitative estimate of drug-likeness (QED) is 0.301. The van der Waals surface area contributed by atoms with Crippen molar-refractivity contribution >= 4 is 35.1 Å². The van der Waals surface area contributed by atoms with E-state index in [0.717, 1.165) is 5.56 Å². The molecule has 1 aliphatic carbocycles. The molecule has 0 saturated carbocycles. The Morgan fingerprint density at radius 1 is 0.976 bits per heavy atom. The first kappa shape index (κ1) is 30.2. The Kier molecular flexibility index (Phi) is 8.57. The lowest BCUT2D eigenvalue weighted by atomic mass is 9.94. The van der Waals surface area contributed by atoms with Crippen molar-refractivity contribution in [3.05, 3.63) is 82.1 Å². The zero-order valence-corrected chi connectivity index (χ0v) is 24.8. The zero-order valence-electron chi connectivity index (χ0n) is 24.1. The monoisotopic (exact) mass is 578 g/mol. The average molecular weight is 579 g/mol. The number of hydrogen-bond acceptors (Lipinski definition) is 7. The molecule has 0 fully saturated rings. The average Bonchev–Trinajstić information content (AvgIpc) is 3.19. The standard InChI is InChI=1S/C32H35ClN2O6/c1-31(2,3)40-29(38)19-9-7-18(8-10-19)13-26(36)24-16-27(37)23-14-20(17-34-28(23)24)22-15-21(33)11-12-25(22)35-30(39)41-32(4,5)6/h7-12,14-15,17,24,27,37H,13,16H2,1-6H3,(H,35,39). The van der Waals surface area contributed by atoms with Crippen molar-refractivity contribution < 1.29 is 29.0 Å². The van der Waals surface area contributed by atoms with Crippen molar-refractivity contribution in [2.24, 2.45) is 0 Å². The number of fused-ring (bicyclic) bond motifs is 1. The van der Waals surface area contributed by atoms with E-state index >= 15 is 0 Å². The van der Waals surface area contributed by atoms with Crippen molar-refractivity contribution in [2.75, 3.05) is 5.32 Å². The van der Waals surface area contributed by atoms with Gasteiger partial charge < -0.3 is 14.6 Å². The molecule has 8 nitrogen and oxygen atoms in total. The second-order valence-electron chi connectivity index (χ2n) is 12.2. The molecule has 3 aromatic rings. The predicted molar refractivity (Wildman–Crippen MR) is 157 cm³/mol. The Hall–Kier alpha value is -3.75. The smallest absolute Gasteiger partial charge is 0.412 e. The number of halogens is 1. The van der Waals surface area contributed by atoms with Gasteiger partial charge in [-0.2, -0.15) is 0 Å². The number of carbonyl (C=O) groups excluding carboxylic acids is 3. The first-order valence-corrected chi connectivity index (χ1v) is 13.8. The van der Waals surface area contributed by atoms with E-state index in [9.17, 15) is 19.5 Å². The van der Waals surface area contributed by atoms with Crippen LogP contribution in [-0.2, 0) is 20.7 Å². The molecule has 0 radical (unpaired) electrons. The molecule has 4 rings (SSSR count). The first-order chi connectivity index (χ1) is 19.1. The Balaban J connectivity index is 1.53. The van der Waals surface area contributed by atoms with Crippen molar-refractivity contribution in [2.45, 2.75) is 77.6 Å². The Bertz CT molecular complexity index is 1470. The van der Waals surface area contributed by atoms with Gasteiger partial charge in [-0.05, 0) is 89.9 Å². The molecule has 0 spiro atoms. The number of amides is 1. The van der Waals surface area contributed by atoms with Gasteiger partial charge in [0.2, 0.25) is 0 Å². The number of aromatic nitrogens is 1. The van der Waals surface area contributed by atoms with Crippen LogP contribution in [0, 0.1) is 0 Å². The molecule has 1 amide bonds. The van der Waals surface area contributed by atoms with Crippen LogP contribution in [0.5, 0.6) is 0 Å². The third-order valence-electron chi connectivity index (χ3n) is 6.38. The maximum atomic E-state index is 13.3. The molecule has 9 heteroatoms. The fraction of sp³-hybridized carbons (Fsp3) is 0.375. The molecular formula is C32H35ClN2O6. The van der Waals surface area contributed by atoms with Gasteiger partial charge in [-0.1, -0.05) is 23.7 Å². The molecule has 2 N–H and O–H groups in total. The van der Waals surface area contributed by atoms with E-state index in [1.807, 2.05) is 0 Å². The van der Waals surface area contributed by atoms with Crippen LogP contribution >= 0.6 is 11.6 Å². The van der Waals surface area contributed by atoms with Gasteiger partial charge >= 0.3 is 12.1 Å². The molecule has 41 heavy (non-hydrogen) atoms. The number of carbonyl (C=O) groups is 3. The molecule has 1 heterocycles. The number of nitrogens with one attached hydrogen (secondary N) is 1. The van der Waals surface area contributed by atoms with Gasteiger partial charge in [-0.25, -0.2) is 9.59 Å². The van der Waals surface area contributed by atoms with Crippen LogP contribution < -0.4 is 5.32 Å². The lowest BCUT2D eigenvalue weighted by Gasteiger charge is -2.20. The summed E-state index contributed by atoms with van der Waals surface area (Å²) in [7, 11) is 0. The number of pyridine rings is 1. The van der Waals surface area contributed by atoms with E-state index in [4.69, 9.17) is 21.1 Å². The molecule has 2 unspecified atom stereocenters. The number of Topliss-reactive ketones (excluding diaryl/α,β-unsaturated/α-hetero) is 1. The third kappa shape index (κ3) is 7.71. The molecule has 1 aliphatic rings. The summed E-state index contributed by atoms with van der Waals surface area (Å²) in [6.07, 6.45) is 0.479. The van der Waals surface area contributed by atoms with E-state index in [0.29, 0.717) is 38.7 Å². The fourth-order valence-electron chi connectivity index (χ4n) is 4.64. The van der Waals surface area contributed by atoms with Crippen LogP contribution in [0.1, 0.15) is 87.2 Å². The Labute approximate surface area is 245 Å². The SMILES string of the molecule is CC(C)(C)OC(=O)Nc1ccc(Cl)cc1-c1cnc2c(c1)C(O)CC2C(=O)Cc1ccc(C(=O)OC(C)(C)C)cc1. The van der Waals surface area contributed by atoms with Gasteiger partial charge in [-0.15, -0.1) is 0 Å². The second-order valence-corrected chi connectivity index (χ2v) is 12.6. The molecule has 2 aromatic carbocycles. The minimum absolute atomic E-state index is 0.0805. The van der Waals surface area contributed by atoms with Crippen molar-refractivity contribution in [3.8, 4) is 11.1 Å². The van der Waals surface area contributed by atoms with Crippen LogP contribution in [0.25, 0.3) is 11.1 Å². The first-order valence-electron chi connectivity index (χ1n) is 13.4. The molecule has 0 saturated heterocycles. The van der Waals surface area contributed by atoms with Crippen LogP contribution in [0.2, 0.25) is 5.02 Å². The lowest BCUT2D eigenvalue weighted by Crippen LogP contribution is -2.27. The number of aliphatic hydroxyl groups excluding tert-OH is 1. The molecule has 0 bridgehead atoms. The highest BCUT2D eigenvalue weighted by Crippen LogP contribution is 2.42. The minimum Gasteiger partial charge on any atom is -0.456 e. The number of nitrogens with zero attached hydrogens (tertiary/aromatic N) is 1. The minimum atomic E-state index is -0.873. The van der Waals surface area contributed by atoms with Gasteiger partial charge in [0.05, 0.1) is 29.0 Å². The van der Waals surface area contributed by atoms with E-state index in [1.54, 1.807) is 96.3 Å². The maximum Gasteiger partial charge on any atom is 0.412 e. The molecule has 2 atom stereocenters. The fourth-order valence-corrected chi connectivity index (χ4v) is 4.81. The number of ether oxygens (including phenoxy) is 2. The summed E-state index contributed by atoms with van der Waals surface area (Å²) in [5, 5.41) is 14.1. The highest BCUT2D eigenvalue weighted by molar-refractivity contribution is 6.31. The van der Waals surface area contributed by atoms with Gasteiger partial charge in [0.1, 0.15) is 17.0 Å². The number of ketones is 1. The summed E-state index contributed by atoms with van der Waals surface area (Å²) in [6, 6.07) is 13.6. The van der Waals surface area contributed by atoms with E-state index in [-0.39, 0.29) is 18.6 Å². The van der Waals surface area contributed by atoms with Gasteiger partial charge in [0, 0.05) is 34.3 Å². The topological polar surface area (TPSA) is 115 Å². The van der Waals surface area contributed by atoms with Crippen LogP contribution in [0.15, 0.2) is 54.7 Å². The Morgan fingerprint density at radius 2 is 1.63 bits per heavy atom. The predicted octanol–water partition coefficient (Wildman–Crippen LogP) is 7.04. The van der Waals surface area contributed by atoms with Gasteiger partial charge in [0.15, 0.2) is 0 Å². The highest BCUT2D eigenvalue weighted by atomic mass is 35.5. The number of hydrogen-bond donors (Lipinski definition) is 2. The molecule has 1 aromatic heterocycles. The summed E-state index contributed by atoms with van der Waals surface area (Å²) in [5.41, 5.74) is 2.68. The van der Waals surface area contributed by atoms with Crippen molar-refractivity contribution in [1.82, 2.24) is 4.98 Å². The molecule has 216 valence electrons. The Morgan fingerprint density at radius 3 is 2.27 bits per heavy atom. The lowest BCUT2D eigenvalue weighted by molar-refractivity contribution is -0.120. The van der Waals surface area contributed by atoms with E-state index < -0.39 is 35.3 Å².